The number of nitrogens with one attached hydrogen (secondary N) is 2. The van der Waals surface area contributed by atoms with Gasteiger partial charge in [-0.25, -0.2) is 0 Å². The van der Waals surface area contributed by atoms with E-state index in [9.17, 15) is 4.79 Å². The second-order valence-corrected chi connectivity index (χ2v) is 7.69. The molecule has 4 rings (SSSR count). The summed E-state index contributed by atoms with van der Waals surface area (Å²) < 4.78 is 5.39. The van der Waals surface area contributed by atoms with Crippen LogP contribution in [-0.2, 0) is 16.6 Å². The minimum atomic E-state index is -0.428. The van der Waals surface area contributed by atoms with Gasteiger partial charge < -0.3 is 15.4 Å². The van der Waals surface area contributed by atoms with Gasteiger partial charge in [-0.1, -0.05) is 49.2 Å². The van der Waals surface area contributed by atoms with E-state index in [4.69, 9.17) is 4.74 Å². The maximum Gasteiger partial charge on any atom is 0.230 e. The minimum absolute atomic E-state index is 0. The summed E-state index contributed by atoms with van der Waals surface area (Å²) >= 11 is 0. The molecule has 2 N–H and O–H groups in total. The van der Waals surface area contributed by atoms with Gasteiger partial charge in [0.25, 0.3) is 0 Å². The Bertz CT molecular complexity index is 818. The number of hydrogen-bond donors (Lipinski definition) is 2. The van der Waals surface area contributed by atoms with Crippen LogP contribution in [0.15, 0.2) is 48.5 Å². The number of amides is 1. The Labute approximate surface area is 173 Å². The van der Waals surface area contributed by atoms with Gasteiger partial charge in [-0.05, 0) is 54.6 Å². The number of fused-ring (bicyclic) bond motifs is 1. The quantitative estimate of drug-likeness (QED) is 0.799. The summed E-state index contributed by atoms with van der Waals surface area (Å²) in [6.07, 6.45) is 5.04. The van der Waals surface area contributed by atoms with E-state index in [1.165, 1.54) is 11.1 Å². The zero-order valence-corrected chi connectivity index (χ0v) is 17.2. The van der Waals surface area contributed by atoms with Gasteiger partial charge in [-0.15, -0.1) is 12.4 Å². The first-order chi connectivity index (χ1) is 13.2. The van der Waals surface area contributed by atoms with Gasteiger partial charge >= 0.3 is 0 Å². The van der Waals surface area contributed by atoms with E-state index in [0.717, 1.165) is 50.0 Å². The second-order valence-electron chi connectivity index (χ2n) is 7.69. The van der Waals surface area contributed by atoms with Crippen LogP contribution < -0.4 is 15.4 Å². The fourth-order valence-electron chi connectivity index (χ4n) is 4.69. The lowest BCUT2D eigenvalue weighted by atomic mass is 9.77. The number of ether oxygens (including phenoxy) is 1. The molecule has 1 unspecified atom stereocenters. The second kappa shape index (κ2) is 8.97. The molecule has 0 bridgehead atoms. The van der Waals surface area contributed by atoms with Crippen molar-refractivity contribution in [1.29, 1.82) is 0 Å². The molecular weight excluding hydrogens is 372 g/mol. The molecule has 2 aliphatic rings. The standard InChI is InChI=1S/C23H28N2O2.ClH/c1-27-19-9-6-8-18(15-19)23(12-4-5-13-23)22(26)25-16-21-20-10-3-2-7-17(20)11-14-24-21;/h2-3,6-10,15,21,24H,4-5,11-14,16H2,1H3,(H,25,26);1H. The normalized spacial score (nSPS) is 20.0. The van der Waals surface area contributed by atoms with Gasteiger partial charge in [0.1, 0.15) is 5.75 Å². The Balaban J connectivity index is 0.00000225. The van der Waals surface area contributed by atoms with Gasteiger partial charge in [0.2, 0.25) is 5.91 Å². The maximum absolute atomic E-state index is 13.3. The van der Waals surface area contributed by atoms with Crippen molar-refractivity contribution in [2.45, 2.75) is 43.6 Å². The Morgan fingerprint density at radius 2 is 1.96 bits per heavy atom. The number of hydrogen-bond acceptors (Lipinski definition) is 3. The number of carbonyl (C=O) groups excluding carboxylic acids is 1. The van der Waals surface area contributed by atoms with Gasteiger partial charge in [0.15, 0.2) is 0 Å². The third-order valence-corrected chi connectivity index (χ3v) is 6.20. The largest absolute Gasteiger partial charge is 0.497 e. The summed E-state index contributed by atoms with van der Waals surface area (Å²) in [7, 11) is 1.67. The lowest BCUT2D eigenvalue weighted by Crippen LogP contribution is -2.46. The van der Waals surface area contributed by atoms with Crippen molar-refractivity contribution in [3.05, 3.63) is 65.2 Å². The number of rotatable bonds is 5. The van der Waals surface area contributed by atoms with Crippen LogP contribution in [-0.4, -0.2) is 26.1 Å². The molecule has 2 aromatic carbocycles. The molecule has 4 nitrogen and oxygen atoms in total. The molecule has 150 valence electrons. The van der Waals surface area contributed by atoms with E-state index < -0.39 is 5.41 Å². The van der Waals surface area contributed by atoms with E-state index in [0.29, 0.717) is 6.54 Å². The van der Waals surface area contributed by atoms with E-state index in [2.05, 4.69) is 41.0 Å². The van der Waals surface area contributed by atoms with Crippen molar-refractivity contribution in [2.75, 3.05) is 20.2 Å². The third-order valence-electron chi connectivity index (χ3n) is 6.20. The lowest BCUT2D eigenvalue weighted by molar-refractivity contribution is -0.126. The van der Waals surface area contributed by atoms with E-state index in [1.54, 1.807) is 7.11 Å². The van der Waals surface area contributed by atoms with Crippen LogP contribution in [0.4, 0.5) is 0 Å². The summed E-state index contributed by atoms with van der Waals surface area (Å²) in [6, 6.07) is 16.7. The van der Waals surface area contributed by atoms with E-state index >= 15 is 0 Å². The smallest absolute Gasteiger partial charge is 0.230 e. The van der Waals surface area contributed by atoms with Crippen LogP contribution >= 0.6 is 12.4 Å². The Kier molecular flexibility index (Phi) is 6.63. The van der Waals surface area contributed by atoms with Crippen molar-refractivity contribution in [3.63, 3.8) is 0 Å². The highest BCUT2D eigenvalue weighted by molar-refractivity contribution is 5.88. The summed E-state index contributed by atoms with van der Waals surface area (Å²) in [6.45, 7) is 1.58. The first-order valence-corrected chi connectivity index (χ1v) is 9.97. The third kappa shape index (κ3) is 3.89. The van der Waals surface area contributed by atoms with Crippen LogP contribution in [0.5, 0.6) is 5.75 Å². The highest BCUT2D eigenvalue weighted by atomic mass is 35.5. The minimum Gasteiger partial charge on any atom is -0.497 e. The average Bonchev–Trinajstić information content (AvgIpc) is 3.23. The highest BCUT2D eigenvalue weighted by Crippen LogP contribution is 2.42. The molecule has 1 atom stereocenters. The molecule has 28 heavy (non-hydrogen) atoms. The first-order valence-electron chi connectivity index (χ1n) is 9.97. The first kappa shape index (κ1) is 20.7. The topological polar surface area (TPSA) is 50.4 Å². The van der Waals surface area contributed by atoms with E-state index in [1.807, 2.05) is 18.2 Å². The van der Waals surface area contributed by atoms with Crippen LogP contribution in [0.1, 0.15) is 48.4 Å². The van der Waals surface area contributed by atoms with Gasteiger partial charge in [0, 0.05) is 12.6 Å². The molecule has 1 amide bonds. The van der Waals surface area contributed by atoms with Crippen LogP contribution in [0.2, 0.25) is 0 Å². The highest BCUT2D eigenvalue weighted by Gasteiger charge is 2.43. The van der Waals surface area contributed by atoms with Crippen molar-refractivity contribution in [1.82, 2.24) is 10.6 Å². The molecule has 2 aromatic rings. The molecule has 0 radical (unpaired) electrons. The lowest BCUT2D eigenvalue weighted by Gasteiger charge is -2.31. The molecule has 0 aromatic heterocycles. The van der Waals surface area contributed by atoms with Crippen molar-refractivity contribution >= 4 is 18.3 Å². The van der Waals surface area contributed by atoms with Crippen LogP contribution in [0.3, 0.4) is 0 Å². The fourth-order valence-corrected chi connectivity index (χ4v) is 4.69. The van der Waals surface area contributed by atoms with Crippen molar-refractivity contribution in [2.24, 2.45) is 0 Å². The van der Waals surface area contributed by atoms with E-state index in [-0.39, 0.29) is 24.4 Å². The Morgan fingerprint density at radius 1 is 1.18 bits per heavy atom. The molecule has 1 heterocycles. The molecule has 1 aliphatic heterocycles. The molecule has 1 fully saturated rings. The zero-order valence-electron chi connectivity index (χ0n) is 16.4. The van der Waals surface area contributed by atoms with Crippen molar-refractivity contribution < 1.29 is 9.53 Å². The molecule has 0 spiro atoms. The molecule has 1 saturated carbocycles. The number of halogens is 1. The molecule has 1 aliphatic carbocycles. The predicted molar refractivity (Wildman–Crippen MR) is 114 cm³/mol. The molecule has 0 saturated heterocycles. The molecular formula is C23H29ClN2O2. The Morgan fingerprint density at radius 3 is 2.75 bits per heavy atom. The average molecular weight is 401 g/mol. The fraction of sp³-hybridized carbons (Fsp3) is 0.435. The van der Waals surface area contributed by atoms with Gasteiger partial charge in [-0.3, -0.25) is 4.79 Å². The summed E-state index contributed by atoms with van der Waals surface area (Å²) in [4.78, 5) is 13.3. The van der Waals surface area contributed by atoms with Crippen molar-refractivity contribution in [3.8, 4) is 5.75 Å². The monoisotopic (exact) mass is 400 g/mol. The summed E-state index contributed by atoms with van der Waals surface area (Å²) in [5.41, 5.74) is 3.35. The Hall–Kier alpha value is -2.04. The van der Waals surface area contributed by atoms with Gasteiger partial charge in [0.05, 0.1) is 12.5 Å². The number of benzene rings is 2. The van der Waals surface area contributed by atoms with Gasteiger partial charge in [-0.2, -0.15) is 0 Å². The van der Waals surface area contributed by atoms with Crippen LogP contribution in [0.25, 0.3) is 0 Å². The molecule has 5 heteroatoms. The SMILES string of the molecule is COc1cccc(C2(C(=O)NCC3NCCc4ccccc43)CCCC2)c1.Cl. The van der Waals surface area contributed by atoms with Crippen LogP contribution in [0, 0.1) is 0 Å². The predicted octanol–water partition coefficient (Wildman–Crippen LogP) is 3.93. The summed E-state index contributed by atoms with van der Waals surface area (Å²) in [5.74, 6) is 0.965. The maximum atomic E-state index is 13.3. The zero-order chi connectivity index (χ0) is 18.7. The summed E-state index contributed by atoms with van der Waals surface area (Å²) in [5, 5.41) is 6.83. The number of carbonyl (C=O) groups is 1. The number of methoxy groups -OCH3 is 1.